The molecule has 1 aliphatic rings. The van der Waals surface area contributed by atoms with Gasteiger partial charge in [-0.2, -0.15) is 0 Å². The lowest BCUT2D eigenvalue weighted by Crippen LogP contribution is -2.42. The molecule has 1 amide bonds. The third-order valence-electron chi connectivity index (χ3n) is 4.24. The van der Waals surface area contributed by atoms with Crippen molar-refractivity contribution in [3.63, 3.8) is 0 Å². The van der Waals surface area contributed by atoms with E-state index in [9.17, 15) is 9.90 Å². The second-order valence-electron chi connectivity index (χ2n) is 6.54. The van der Waals surface area contributed by atoms with Crippen LogP contribution in [0, 0.1) is 6.92 Å². The molecule has 1 aliphatic heterocycles. The molecule has 0 radical (unpaired) electrons. The SMILES string of the molecule is Cc1ccc(C(C)(C)CC(=O)N2CCC(O)CC2)cc1. The lowest BCUT2D eigenvalue weighted by molar-refractivity contribution is -0.134. The number of likely N-dealkylation sites (tertiary alicyclic amines) is 1. The molecule has 20 heavy (non-hydrogen) atoms. The number of amides is 1. The van der Waals surface area contributed by atoms with Crippen molar-refractivity contribution >= 4 is 5.91 Å². The highest BCUT2D eigenvalue weighted by molar-refractivity contribution is 5.77. The average molecular weight is 275 g/mol. The standard InChI is InChI=1S/C17H25NO2/c1-13-4-6-14(7-5-13)17(2,3)12-16(20)18-10-8-15(19)9-11-18/h4-7,15,19H,8-12H2,1-3H3. The molecule has 1 fully saturated rings. The van der Waals surface area contributed by atoms with Crippen molar-refractivity contribution in [2.24, 2.45) is 0 Å². The van der Waals surface area contributed by atoms with Gasteiger partial charge in [-0.3, -0.25) is 4.79 Å². The van der Waals surface area contributed by atoms with Crippen LogP contribution in [-0.4, -0.2) is 35.1 Å². The summed E-state index contributed by atoms with van der Waals surface area (Å²) in [6.45, 7) is 7.68. The summed E-state index contributed by atoms with van der Waals surface area (Å²) in [5.74, 6) is 0.197. The minimum Gasteiger partial charge on any atom is -0.393 e. The summed E-state index contributed by atoms with van der Waals surface area (Å²) in [5, 5.41) is 9.51. The summed E-state index contributed by atoms with van der Waals surface area (Å²) in [7, 11) is 0. The second kappa shape index (κ2) is 5.96. The molecule has 0 bridgehead atoms. The molecule has 0 spiro atoms. The number of aliphatic hydroxyl groups excluding tert-OH is 1. The lowest BCUT2D eigenvalue weighted by Gasteiger charge is -2.33. The smallest absolute Gasteiger partial charge is 0.223 e. The Kier molecular flexibility index (Phi) is 4.48. The molecule has 2 rings (SSSR count). The van der Waals surface area contributed by atoms with E-state index in [1.165, 1.54) is 11.1 Å². The third kappa shape index (κ3) is 3.60. The fraction of sp³-hybridized carbons (Fsp3) is 0.588. The molecular formula is C17H25NO2. The topological polar surface area (TPSA) is 40.5 Å². The first-order valence-corrected chi connectivity index (χ1v) is 7.41. The van der Waals surface area contributed by atoms with Crippen LogP contribution in [0.15, 0.2) is 24.3 Å². The van der Waals surface area contributed by atoms with Gasteiger partial charge in [0.2, 0.25) is 5.91 Å². The summed E-state index contributed by atoms with van der Waals surface area (Å²) < 4.78 is 0. The van der Waals surface area contributed by atoms with Gasteiger partial charge >= 0.3 is 0 Å². The fourth-order valence-corrected chi connectivity index (χ4v) is 2.71. The maximum absolute atomic E-state index is 12.4. The molecule has 1 aromatic carbocycles. The Morgan fingerprint density at radius 2 is 1.80 bits per heavy atom. The lowest BCUT2D eigenvalue weighted by atomic mass is 9.80. The molecule has 3 nitrogen and oxygen atoms in total. The Balaban J connectivity index is 2.00. The van der Waals surface area contributed by atoms with E-state index >= 15 is 0 Å². The predicted octanol–water partition coefficient (Wildman–Crippen LogP) is 2.65. The summed E-state index contributed by atoms with van der Waals surface area (Å²) in [4.78, 5) is 14.3. The zero-order chi connectivity index (χ0) is 14.8. The molecule has 110 valence electrons. The Bertz CT molecular complexity index is 456. The molecule has 1 heterocycles. The summed E-state index contributed by atoms with van der Waals surface area (Å²) in [6, 6.07) is 8.42. The van der Waals surface area contributed by atoms with Crippen molar-refractivity contribution in [1.82, 2.24) is 4.90 Å². The first kappa shape index (κ1) is 15.0. The Hall–Kier alpha value is -1.35. The van der Waals surface area contributed by atoms with Gasteiger partial charge < -0.3 is 10.0 Å². The number of carbonyl (C=O) groups is 1. The predicted molar refractivity (Wildman–Crippen MR) is 80.6 cm³/mol. The van der Waals surface area contributed by atoms with Gasteiger partial charge in [0.05, 0.1) is 6.10 Å². The van der Waals surface area contributed by atoms with Crippen molar-refractivity contribution in [2.45, 2.75) is 51.6 Å². The van der Waals surface area contributed by atoms with Gasteiger partial charge in [0.1, 0.15) is 0 Å². The van der Waals surface area contributed by atoms with E-state index < -0.39 is 0 Å². The van der Waals surface area contributed by atoms with Gasteiger partial charge in [0.25, 0.3) is 0 Å². The van der Waals surface area contributed by atoms with E-state index in [1.54, 1.807) is 0 Å². The fourth-order valence-electron chi connectivity index (χ4n) is 2.71. The minimum absolute atomic E-state index is 0.152. The Morgan fingerprint density at radius 3 is 2.35 bits per heavy atom. The molecule has 0 aromatic heterocycles. The highest BCUT2D eigenvalue weighted by Crippen LogP contribution is 2.28. The number of piperidine rings is 1. The minimum atomic E-state index is -0.232. The van der Waals surface area contributed by atoms with Crippen LogP contribution in [0.2, 0.25) is 0 Å². The highest BCUT2D eigenvalue weighted by atomic mass is 16.3. The van der Waals surface area contributed by atoms with Crippen molar-refractivity contribution in [2.75, 3.05) is 13.1 Å². The molecule has 0 aliphatic carbocycles. The highest BCUT2D eigenvalue weighted by Gasteiger charge is 2.28. The van der Waals surface area contributed by atoms with Crippen molar-refractivity contribution in [3.05, 3.63) is 35.4 Å². The van der Waals surface area contributed by atoms with E-state index in [1.807, 2.05) is 4.90 Å². The second-order valence-corrected chi connectivity index (χ2v) is 6.54. The van der Waals surface area contributed by atoms with Crippen LogP contribution in [0.3, 0.4) is 0 Å². The van der Waals surface area contributed by atoms with Gasteiger partial charge in [-0.1, -0.05) is 43.7 Å². The van der Waals surface area contributed by atoms with E-state index in [2.05, 4.69) is 45.0 Å². The number of benzene rings is 1. The molecule has 3 heteroatoms. The van der Waals surface area contributed by atoms with E-state index in [-0.39, 0.29) is 17.4 Å². The number of carbonyl (C=O) groups excluding carboxylic acids is 1. The molecular weight excluding hydrogens is 250 g/mol. The molecule has 0 saturated carbocycles. The zero-order valence-electron chi connectivity index (χ0n) is 12.7. The van der Waals surface area contributed by atoms with Crippen LogP contribution in [0.25, 0.3) is 0 Å². The zero-order valence-corrected chi connectivity index (χ0v) is 12.7. The van der Waals surface area contributed by atoms with Crippen LogP contribution >= 0.6 is 0 Å². The first-order valence-electron chi connectivity index (χ1n) is 7.41. The normalized spacial score (nSPS) is 17.3. The molecule has 1 saturated heterocycles. The van der Waals surface area contributed by atoms with Crippen LogP contribution in [-0.2, 0) is 10.2 Å². The molecule has 1 N–H and O–H groups in total. The van der Waals surface area contributed by atoms with Gasteiger partial charge in [-0.15, -0.1) is 0 Å². The molecule has 0 atom stereocenters. The quantitative estimate of drug-likeness (QED) is 0.921. The molecule has 1 aromatic rings. The Morgan fingerprint density at radius 1 is 1.25 bits per heavy atom. The number of aryl methyl sites for hydroxylation is 1. The number of hydrogen-bond acceptors (Lipinski definition) is 2. The first-order chi connectivity index (χ1) is 9.38. The third-order valence-corrected chi connectivity index (χ3v) is 4.24. The van der Waals surface area contributed by atoms with Gasteiger partial charge in [-0.05, 0) is 30.7 Å². The maximum atomic E-state index is 12.4. The average Bonchev–Trinajstić information content (AvgIpc) is 2.39. The van der Waals surface area contributed by atoms with Crippen LogP contribution in [0.4, 0.5) is 0 Å². The monoisotopic (exact) mass is 275 g/mol. The summed E-state index contributed by atoms with van der Waals surface area (Å²) >= 11 is 0. The number of rotatable bonds is 3. The van der Waals surface area contributed by atoms with E-state index in [0.717, 1.165) is 0 Å². The number of aliphatic hydroxyl groups is 1. The largest absolute Gasteiger partial charge is 0.393 e. The van der Waals surface area contributed by atoms with Gasteiger partial charge in [-0.25, -0.2) is 0 Å². The van der Waals surface area contributed by atoms with Crippen LogP contribution in [0.1, 0.15) is 44.2 Å². The van der Waals surface area contributed by atoms with Crippen molar-refractivity contribution < 1.29 is 9.90 Å². The van der Waals surface area contributed by atoms with E-state index in [0.29, 0.717) is 32.4 Å². The Labute approximate surface area is 121 Å². The van der Waals surface area contributed by atoms with Crippen LogP contribution in [0.5, 0.6) is 0 Å². The van der Waals surface area contributed by atoms with E-state index in [4.69, 9.17) is 0 Å². The number of hydrogen-bond donors (Lipinski definition) is 1. The van der Waals surface area contributed by atoms with Gasteiger partial charge in [0, 0.05) is 19.5 Å². The van der Waals surface area contributed by atoms with Crippen LogP contribution < -0.4 is 0 Å². The van der Waals surface area contributed by atoms with Crippen molar-refractivity contribution in [3.8, 4) is 0 Å². The maximum Gasteiger partial charge on any atom is 0.223 e. The van der Waals surface area contributed by atoms with Crippen molar-refractivity contribution in [1.29, 1.82) is 0 Å². The van der Waals surface area contributed by atoms with Gasteiger partial charge in [0.15, 0.2) is 0 Å². The number of nitrogens with zero attached hydrogens (tertiary/aromatic N) is 1. The summed E-state index contributed by atoms with van der Waals surface area (Å²) in [6.07, 6.45) is 1.70. The summed E-state index contributed by atoms with van der Waals surface area (Å²) in [5.41, 5.74) is 2.29. The molecule has 0 unspecified atom stereocenters.